The van der Waals surface area contributed by atoms with Gasteiger partial charge in [-0.25, -0.2) is 0 Å². The van der Waals surface area contributed by atoms with Crippen molar-refractivity contribution in [2.24, 2.45) is 0 Å². The lowest BCUT2D eigenvalue weighted by Crippen LogP contribution is -2.75. The van der Waals surface area contributed by atoms with E-state index in [0.29, 0.717) is 0 Å². The second kappa shape index (κ2) is 13.5. The summed E-state index contributed by atoms with van der Waals surface area (Å²) in [7, 11) is -2.93. The van der Waals surface area contributed by atoms with E-state index in [1.54, 1.807) is 0 Å². The average molecular weight is 743 g/mol. The third-order valence-electron chi connectivity index (χ3n) is 11.9. The SMILES string of the molecule is c1ccc(-c2ccccc2-n2c3ccccc3c3c(-n4c5ccccc5c5cccc([Si](c6ccccc6)(c6ccccc6)c6ccccc6)c54)cccc32)cc1. The van der Waals surface area contributed by atoms with Gasteiger partial charge in [0.15, 0.2) is 8.07 Å². The van der Waals surface area contributed by atoms with Crippen molar-refractivity contribution < 1.29 is 0 Å². The fourth-order valence-electron chi connectivity index (χ4n) is 9.58. The molecule has 57 heavy (non-hydrogen) atoms. The van der Waals surface area contributed by atoms with Crippen LogP contribution in [0.5, 0.6) is 0 Å². The van der Waals surface area contributed by atoms with Gasteiger partial charge in [0, 0.05) is 27.1 Å². The lowest BCUT2D eigenvalue weighted by Gasteiger charge is -2.35. The first-order valence-electron chi connectivity index (χ1n) is 19.7. The number of hydrogen-bond donors (Lipinski definition) is 0. The highest BCUT2D eigenvalue weighted by Crippen LogP contribution is 2.41. The van der Waals surface area contributed by atoms with Crippen molar-refractivity contribution in [1.29, 1.82) is 0 Å². The minimum Gasteiger partial charge on any atom is -0.309 e. The maximum absolute atomic E-state index is 2.93. The number of fused-ring (bicyclic) bond motifs is 6. The predicted octanol–water partition coefficient (Wildman–Crippen LogP) is 10.9. The Bertz CT molecular complexity index is 3120. The number of rotatable bonds is 7. The number of nitrogens with zero attached hydrogens (tertiary/aromatic N) is 2. The predicted molar refractivity (Wildman–Crippen MR) is 244 cm³/mol. The van der Waals surface area contributed by atoms with Gasteiger partial charge in [-0.3, -0.25) is 0 Å². The van der Waals surface area contributed by atoms with Gasteiger partial charge in [-0.1, -0.05) is 200 Å². The van der Waals surface area contributed by atoms with Gasteiger partial charge in [-0.2, -0.15) is 0 Å². The van der Waals surface area contributed by atoms with Crippen LogP contribution < -0.4 is 20.7 Å². The minimum atomic E-state index is -2.93. The van der Waals surface area contributed by atoms with Crippen LogP contribution in [0.2, 0.25) is 0 Å². The summed E-state index contributed by atoms with van der Waals surface area (Å²) in [6.45, 7) is 0. The van der Waals surface area contributed by atoms with Crippen molar-refractivity contribution in [3.05, 3.63) is 231 Å². The van der Waals surface area contributed by atoms with E-state index < -0.39 is 8.07 Å². The molecular weight excluding hydrogens is 705 g/mol. The average Bonchev–Trinajstić information content (AvgIpc) is 3.82. The largest absolute Gasteiger partial charge is 0.309 e. The van der Waals surface area contributed by atoms with E-state index in [9.17, 15) is 0 Å². The molecule has 9 aromatic carbocycles. The summed E-state index contributed by atoms with van der Waals surface area (Å²) in [6.07, 6.45) is 0. The van der Waals surface area contributed by atoms with Crippen LogP contribution in [0.15, 0.2) is 231 Å². The van der Waals surface area contributed by atoms with E-state index in [-0.39, 0.29) is 0 Å². The van der Waals surface area contributed by atoms with Gasteiger partial charge >= 0.3 is 0 Å². The minimum absolute atomic E-state index is 1.17. The van der Waals surface area contributed by atoms with E-state index in [4.69, 9.17) is 0 Å². The number of para-hydroxylation sites is 4. The molecule has 0 unspecified atom stereocenters. The molecule has 0 aliphatic rings. The molecule has 0 bridgehead atoms. The number of aromatic nitrogens is 2. The Balaban J connectivity index is 1.31. The maximum Gasteiger partial charge on any atom is 0.181 e. The summed E-state index contributed by atoms with van der Waals surface area (Å²) in [6, 6.07) is 85.2. The van der Waals surface area contributed by atoms with Gasteiger partial charge in [0.25, 0.3) is 0 Å². The molecule has 11 rings (SSSR count). The van der Waals surface area contributed by atoms with Crippen molar-refractivity contribution >= 4 is 72.4 Å². The third-order valence-corrected chi connectivity index (χ3v) is 16.7. The summed E-state index contributed by atoms with van der Waals surface area (Å²) in [4.78, 5) is 0. The van der Waals surface area contributed by atoms with Crippen LogP contribution >= 0.6 is 0 Å². The molecule has 3 heteroatoms. The summed E-state index contributed by atoms with van der Waals surface area (Å²) in [5.41, 5.74) is 9.57. The Kier molecular flexibility index (Phi) is 7.87. The van der Waals surface area contributed by atoms with Crippen LogP contribution in [0.25, 0.3) is 66.1 Å². The van der Waals surface area contributed by atoms with Gasteiger partial charge in [-0.05, 0) is 56.6 Å². The highest BCUT2D eigenvalue weighted by atomic mass is 28.3. The smallest absolute Gasteiger partial charge is 0.181 e. The highest BCUT2D eigenvalue weighted by Gasteiger charge is 2.43. The molecule has 0 N–H and O–H groups in total. The fraction of sp³-hybridized carbons (Fsp3) is 0. The first kappa shape index (κ1) is 33.2. The van der Waals surface area contributed by atoms with Gasteiger partial charge < -0.3 is 9.13 Å². The van der Waals surface area contributed by atoms with E-state index in [1.165, 1.54) is 86.9 Å². The van der Waals surface area contributed by atoms with Crippen LogP contribution in [0, 0.1) is 0 Å². The van der Waals surface area contributed by atoms with Crippen LogP contribution in [-0.2, 0) is 0 Å². The van der Waals surface area contributed by atoms with E-state index in [1.807, 2.05) is 0 Å². The summed E-state index contributed by atoms with van der Waals surface area (Å²) >= 11 is 0. The van der Waals surface area contributed by atoms with Crippen molar-refractivity contribution in [2.75, 3.05) is 0 Å². The zero-order valence-electron chi connectivity index (χ0n) is 31.3. The molecule has 0 saturated heterocycles. The number of hydrogen-bond acceptors (Lipinski definition) is 0. The van der Waals surface area contributed by atoms with Gasteiger partial charge in [-0.15, -0.1) is 0 Å². The molecule has 11 aromatic rings. The Morgan fingerprint density at radius 1 is 0.298 bits per heavy atom. The molecule has 0 spiro atoms. The molecule has 0 saturated carbocycles. The van der Waals surface area contributed by atoms with Gasteiger partial charge in [0.05, 0.1) is 33.4 Å². The van der Waals surface area contributed by atoms with Crippen LogP contribution in [0.4, 0.5) is 0 Å². The van der Waals surface area contributed by atoms with Crippen LogP contribution in [-0.4, -0.2) is 17.2 Å². The van der Waals surface area contributed by atoms with Gasteiger partial charge in [0.2, 0.25) is 0 Å². The monoisotopic (exact) mass is 742 g/mol. The second-order valence-corrected chi connectivity index (χ2v) is 18.6. The summed E-state index contributed by atoms with van der Waals surface area (Å²) < 4.78 is 5.07. The van der Waals surface area contributed by atoms with E-state index >= 15 is 0 Å². The Morgan fingerprint density at radius 2 is 0.754 bits per heavy atom. The van der Waals surface area contributed by atoms with Crippen LogP contribution in [0.3, 0.4) is 0 Å². The topological polar surface area (TPSA) is 9.86 Å². The zero-order valence-corrected chi connectivity index (χ0v) is 32.3. The summed E-state index contributed by atoms with van der Waals surface area (Å²) in [5.74, 6) is 0. The third kappa shape index (κ3) is 5.03. The Labute approximate surface area is 333 Å². The molecule has 0 radical (unpaired) electrons. The Hall–Kier alpha value is -7.20. The highest BCUT2D eigenvalue weighted by molar-refractivity contribution is 7.20. The lowest BCUT2D eigenvalue weighted by molar-refractivity contribution is 1.17. The van der Waals surface area contributed by atoms with E-state index in [0.717, 1.165) is 0 Å². The maximum atomic E-state index is 2.60. The first-order chi connectivity index (χ1) is 28.3. The molecular formula is C54H38N2Si. The normalized spacial score (nSPS) is 11.9. The van der Waals surface area contributed by atoms with Crippen molar-refractivity contribution in [3.8, 4) is 22.5 Å². The molecule has 268 valence electrons. The molecule has 2 nitrogen and oxygen atoms in total. The Morgan fingerprint density at radius 3 is 1.40 bits per heavy atom. The zero-order chi connectivity index (χ0) is 37.8. The second-order valence-electron chi connectivity index (χ2n) is 14.8. The quantitative estimate of drug-likeness (QED) is 0.114. The molecule has 0 atom stereocenters. The van der Waals surface area contributed by atoms with Crippen molar-refractivity contribution in [1.82, 2.24) is 9.13 Å². The molecule has 2 heterocycles. The van der Waals surface area contributed by atoms with Crippen molar-refractivity contribution in [3.63, 3.8) is 0 Å². The van der Waals surface area contributed by atoms with E-state index in [2.05, 4.69) is 240 Å². The fourth-order valence-corrected chi connectivity index (χ4v) is 14.5. The summed E-state index contributed by atoms with van der Waals surface area (Å²) in [5, 5.41) is 10.4. The van der Waals surface area contributed by atoms with Gasteiger partial charge in [0.1, 0.15) is 0 Å². The molecule has 2 aromatic heterocycles. The molecule has 0 amide bonds. The first-order valence-corrected chi connectivity index (χ1v) is 21.7. The standard InChI is InChI=1S/C54H38N2Si/c1-5-21-39(22-6-1)43-29-13-16-33-47(43)55-49-35-18-15-31-46(49)53-50(55)36-20-37-51(53)56-48-34-17-14-30-44(48)45-32-19-38-52(54(45)56)57(40-23-7-2-8-24-40,41-25-9-3-10-26-41)42-27-11-4-12-28-42/h1-38H. The molecule has 0 fully saturated rings. The molecule has 0 aliphatic carbocycles. The molecule has 0 aliphatic heterocycles. The lowest BCUT2D eigenvalue weighted by atomic mass is 10.0. The van der Waals surface area contributed by atoms with Crippen LogP contribution in [0.1, 0.15) is 0 Å². The van der Waals surface area contributed by atoms with Crippen molar-refractivity contribution in [2.45, 2.75) is 0 Å². The number of benzene rings is 9.